The molecule has 1 saturated heterocycles. The van der Waals surface area contributed by atoms with E-state index in [2.05, 4.69) is 28.0 Å². The van der Waals surface area contributed by atoms with Gasteiger partial charge in [0.25, 0.3) is 0 Å². The molecule has 2 rings (SSSR count). The van der Waals surface area contributed by atoms with Crippen LogP contribution in [0.25, 0.3) is 0 Å². The van der Waals surface area contributed by atoms with E-state index in [4.69, 9.17) is 10.5 Å². The Kier molecular flexibility index (Phi) is 3.90. The molecule has 0 saturated carbocycles. The lowest BCUT2D eigenvalue weighted by Gasteiger charge is -2.31. The maximum Gasteiger partial charge on any atom is 0.144 e. The first-order chi connectivity index (χ1) is 8.74. The second-order valence-corrected chi connectivity index (χ2v) is 4.60. The molecule has 0 radical (unpaired) electrons. The minimum Gasteiger partial charge on any atom is -0.411 e. The Bertz CT molecular complexity index is 492. The van der Waals surface area contributed by atoms with Gasteiger partial charge in [-0.15, -0.1) is 0 Å². The molecule has 1 fully saturated rings. The number of rotatable bonds is 2. The van der Waals surface area contributed by atoms with Gasteiger partial charge < -0.3 is 5.21 Å². The summed E-state index contributed by atoms with van der Waals surface area (Å²) in [5.41, 5.74) is 2.31. The van der Waals surface area contributed by atoms with Crippen LogP contribution in [0.5, 0.6) is 0 Å². The van der Waals surface area contributed by atoms with Crippen LogP contribution in [0.3, 0.4) is 0 Å². The molecule has 1 atom stereocenters. The van der Waals surface area contributed by atoms with Crippen LogP contribution < -0.4 is 0 Å². The molecule has 0 spiro atoms. The average molecular weight is 244 g/mol. The average Bonchev–Trinajstić information content (AvgIpc) is 2.39. The molecule has 0 bridgehead atoms. The van der Waals surface area contributed by atoms with Gasteiger partial charge in [0.15, 0.2) is 0 Å². The lowest BCUT2D eigenvalue weighted by molar-refractivity contribution is 0.228. The summed E-state index contributed by atoms with van der Waals surface area (Å²) in [4.78, 5) is 6.32. The number of pyridine rings is 1. The van der Waals surface area contributed by atoms with Gasteiger partial charge in [-0.2, -0.15) is 5.26 Å². The maximum atomic E-state index is 9.00. The molecular formula is C13H16N4O. The van der Waals surface area contributed by atoms with Crippen LogP contribution >= 0.6 is 0 Å². The van der Waals surface area contributed by atoms with E-state index in [1.54, 1.807) is 6.20 Å². The molecule has 0 aliphatic carbocycles. The Morgan fingerprint density at radius 2 is 2.50 bits per heavy atom. The van der Waals surface area contributed by atoms with Gasteiger partial charge in [0, 0.05) is 43.7 Å². The van der Waals surface area contributed by atoms with E-state index >= 15 is 0 Å². The number of nitrogens with zero attached hydrogens (tertiary/aromatic N) is 4. The van der Waals surface area contributed by atoms with E-state index in [1.807, 2.05) is 12.1 Å². The van der Waals surface area contributed by atoms with E-state index in [0.717, 1.165) is 37.3 Å². The van der Waals surface area contributed by atoms with Crippen molar-refractivity contribution in [3.63, 3.8) is 0 Å². The van der Waals surface area contributed by atoms with Gasteiger partial charge >= 0.3 is 0 Å². The highest BCUT2D eigenvalue weighted by Crippen LogP contribution is 2.17. The normalized spacial score (nSPS) is 22.9. The Labute approximate surface area is 106 Å². The van der Waals surface area contributed by atoms with Crippen molar-refractivity contribution >= 4 is 5.71 Å². The summed E-state index contributed by atoms with van der Waals surface area (Å²) in [6.07, 6.45) is 2.41. The van der Waals surface area contributed by atoms with E-state index in [9.17, 15) is 0 Å². The van der Waals surface area contributed by atoms with Gasteiger partial charge in [-0.3, -0.25) is 4.90 Å². The molecule has 1 aliphatic heterocycles. The number of aromatic nitrogens is 1. The smallest absolute Gasteiger partial charge is 0.144 e. The minimum absolute atomic E-state index is 0.256. The van der Waals surface area contributed by atoms with Crippen molar-refractivity contribution in [2.45, 2.75) is 19.9 Å². The Hall–Kier alpha value is -1.93. The molecule has 1 aromatic heterocycles. The predicted octanol–water partition coefficient (Wildman–Crippen LogP) is 1.63. The number of oxime groups is 1. The Balaban J connectivity index is 2.05. The predicted molar refractivity (Wildman–Crippen MR) is 67.2 cm³/mol. The molecule has 0 aromatic carbocycles. The highest BCUT2D eigenvalue weighted by atomic mass is 16.4. The van der Waals surface area contributed by atoms with Crippen molar-refractivity contribution in [2.24, 2.45) is 11.1 Å². The number of piperidine rings is 1. The van der Waals surface area contributed by atoms with Crippen LogP contribution in [-0.2, 0) is 6.54 Å². The highest BCUT2D eigenvalue weighted by Gasteiger charge is 2.23. The SMILES string of the molecule is CC1CN(Cc2cccnc2C#N)CC/C1=N\O. The molecule has 1 aromatic rings. The highest BCUT2D eigenvalue weighted by molar-refractivity contribution is 5.86. The molecule has 5 heteroatoms. The van der Waals surface area contributed by atoms with Crippen molar-refractivity contribution in [2.75, 3.05) is 13.1 Å². The fourth-order valence-electron chi connectivity index (χ4n) is 2.30. The van der Waals surface area contributed by atoms with Crippen LogP contribution in [0, 0.1) is 17.2 Å². The van der Waals surface area contributed by atoms with Gasteiger partial charge in [0.2, 0.25) is 0 Å². The monoisotopic (exact) mass is 244 g/mol. The molecule has 1 N–H and O–H groups in total. The van der Waals surface area contributed by atoms with Gasteiger partial charge in [0.05, 0.1) is 5.71 Å². The Morgan fingerprint density at radius 1 is 1.67 bits per heavy atom. The van der Waals surface area contributed by atoms with Crippen molar-refractivity contribution in [3.05, 3.63) is 29.6 Å². The largest absolute Gasteiger partial charge is 0.411 e. The van der Waals surface area contributed by atoms with E-state index < -0.39 is 0 Å². The molecule has 5 nitrogen and oxygen atoms in total. The summed E-state index contributed by atoms with van der Waals surface area (Å²) in [5, 5.41) is 21.2. The standard InChI is InChI=1S/C13H16N4O/c1-10-8-17(6-4-12(10)16-18)9-11-3-2-5-15-13(11)7-14/h2-3,5,10,18H,4,6,8-9H2,1H3/b16-12+. The third kappa shape index (κ3) is 2.66. The second kappa shape index (κ2) is 5.61. The van der Waals surface area contributed by atoms with Crippen molar-refractivity contribution in [1.82, 2.24) is 9.88 Å². The van der Waals surface area contributed by atoms with Crippen LogP contribution in [0.1, 0.15) is 24.6 Å². The first kappa shape index (κ1) is 12.5. The molecular weight excluding hydrogens is 228 g/mol. The summed E-state index contributed by atoms with van der Waals surface area (Å²) in [6.45, 7) is 4.47. The summed E-state index contributed by atoms with van der Waals surface area (Å²) in [7, 11) is 0. The maximum absolute atomic E-state index is 9.00. The van der Waals surface area contributed by atoms with Gasteiger partial charge in [0.1, 0.15) is 11.8 Å². The number of nitriles is 1. The van der Waals surface area contributed by atoms with Crippen molar-refractivity contribution < 1.29 is 5.21 Å². The van der Waals surface area contributed by atoms with E-state index in [-0.39, 0.29) is 5.92 Å². The van der Waals surface area contributed by atoms with Crippen LogP contribution in [0.2, 0.25) is 0 Å². The summed E-state index contributed by atoms with van der Waals surface area (Å²) >= 11 is 0. The van der Waals surface area contributed by atoms with E-state index in [1.165, 1.54) is 0 Å². The second-order valence-electron chi connectivity index (χ2n) is 4.60. The van der Waals surface area contributed by atoms with Crippen molar-refractivity contribution in [3.8, 4) is 6.07 Å². The molecule has 18 heavy (non-hydrogen) atoms. The van der Waals surface area contributed by atoms with Gasteiger partial charge in [-0.05, 0) is 6.07 Å². The first-order valence-corrected chi connectivity index (χ1v) is 6.01. The third-order valence-electron chi connectivity index (χ3n) is 3.30. The third-order valence-corrected chi connectivity index (χ3v) is 3.30. The van der Waals surface area contributed by atoms with Crippen molar-refractivity contribution in [1.29, 1.82) is 5.26 Å². The van der Waals surface area contributed by atoms with Crippen LogP contribution in [0.4, 0.5) is 0 Å². The lowest BCUT2D eigenvalue weighted by atomic mass is 9.97. The molecule has 2 heterocycles. The lowest BCUT2D eigenvalue weighted by Crippen LogP contribution is -2.39. The summed E-state index contributed by atoms with van der Waals surface area (Å²) < 4.78 is 0. The zero-order valence-electron chi connectivity index (χ0n) is 10.4. The van der Waals surface area contributed by atoms with E-state index in [0.29, 0.717) is 5.69 Å². The number of likely N-dealkylation sites (tertiary alicyclic amines) is 1. The zero-order valence-corrected chi connectivity index (χ0v) is 10.4. The quantitative estimate of drug-likeness (QED) is 0.634. The topological polar surface area (TPSA) is 72.5 Å². The number of hydrogen-bond donors (Lipinski definition) is 1. The Morgan fingerprint density at radius 3 is 3.17 bits per heavy atom. The first-order valence-electron chi connectivity index (χ1n) is 6.01. The van der Waals surface area contributed by atoms with Crippen LogP contribution in [0.15, 0.2) is 23.5 Å². The molecule has 1 unspecified atom stereocenters. The molecule has 1 aliphatic rings. The summed E-state index contributed by atoms with van der Waals surface area (Å²) in [5.74, 6) is 0.256. The zero-order chi connectivity index (χ0) is 13.0. The number of hydrogen-bond acceptors (Lipinski definition) is 5. The fraction of sp³-hybridized carbons (Fsp3) is 0.462. The van der Waals surface area contributed by atoms with Crippen LogP contribution in [-0.4, -0.2) is 33.9 Å². The minimum atomic E-state index is 0.256. The van der Waals surface area contributed by atoms with Gasteiger partial charge in [-0.1, -0.05) is 18.1 Å². The molecule has 0 amide bonds. The molecule has 94 valence electrons. The van der Waals surface area contributed by atoms with Gasteiger partial charge in [-0.25, -0.2) is 4.98 Å². The summed E-state index contributed by atoms with van der Waals surface area (Å²) in [6, 6.07) is 5.90. The fourth-order valence-corrected chi connectivity index (χ4v) is 2.30.